The molecular weight excluding hydrogens is 176 g/mol. The van der Waals surface area contributed by atoms with Gasteiger partial charge in [0.05, 0.1) is 0 Å². The van der Waals surface area contributed by atoms with Crippen molar-refractivity contribution < 1.29 is 4.79 Å². The van der Waals surface area contributed by atoms with Crippen molar-refractivity contribution in [1.82, 2.24) is 10.2 Å². The lowest BCUT2D eigenvalue weighted by Crippen LogP contribution is -2.46. The van der Waals surface area contributed by atoms with Gasteiger partial charge in [0, 0.05) is 20.1 Å². The molecule has 0 saturated heterocycles. The molecule has 2 amide bonds. The van der Waals surface area contributed by atoms with E-state index in [1.807, 2.05) is 0 Å². The number of carbonyl (C=O) groups excluding carboxylic acids is 1. The van der Waals surface area contributed by atoms with Crippen LogP contribution < -0.4 is 5.32 Å². The van der Waals surface area contributed by atoms with Crippen LogP contribution in [-0.4, -0.2) is 31.1 Å². The number of hydrogen-bond acceptors (Lipinski definition) is 1. The van der Waals surface area contributed by atoms with Gasteiger partial charge in [-0.1, -0.05) is 13.8 Å². The second-order valence-electron chi connectivity index (χ2n) is 4.85. The quantitative estimate of drug-likeness (QED) is 0.687. The van der Waals surface area contributed by atoms with E-state index in [2.05, 4.69) is 19.2 Å². The van der Waals surface area contributed by atoms with Crippen molar-refractivity contribution in [2.24, 2.45) is 11.8 Å². The van der Waals surface area contributed by atoms with E-state index in [4.69, 9.17) is 0 Å². The van der Waals surface area contributed by atoms with Gasteiger partial charge in [-0.3, -0.25) is 0 Å². The second-order valence-corrected chi connectivity index (χ2v) is 4.85. The topological polar surface area (TPSA) is 32.3 Å². The van der Waals surface area contributed by atoms with Crippen molar-refractivity contribution in [3.8, 4) is 0 Å². The third-order valence-electron chi connectivity index (χ3n) is 3.15. The van der Waals surface area contributed by atoms with Crippen LogP contribution in [0.1, 0.15) is 33.1 Å². The maximum atomic E-state index is 11.5. The number of carbonyl (C=O) groups is 1. The van der Waals surface area contributed by atoms with Gasteiger partial charge in [0.2, 0.25) is 0 Å². The molecule has 1 fully saturated rings. The predicted octanol–water partition coefficient (Wildman–Crippen LogP) is 2.08. The van der Waals surface area contributed by atoms with Crippen molar-refractivity contribution in [1.29, 1.82) is 0 Å². The first-order chi connectivity index (χ1) is 6.50. The molecule has 0 radical (unpaired) electrons. The fourth-order valence-corrected chi connectivity index (χ4v) is 2.17. The van der Waals surface area contributed by atoms with Gasteiger partial charge in [-0.25, -0.2) is 4.79 Å². The summed E-state index contributed by atoms with van der Waals surface area (Å²) in [6.45, 7) is 4.52. The number of urea groups is 1. The SMILES string of the molecule is CC1CCC(NC(=O)N(C)C)C(C)C1. The number of nitrogens with zero attached hydrogens (tertiary/aromatic N) is 1. The summed E-state index contributed by atoms with van der Waals surface area (Å²) >= 11 is 0. The summed E-state index contributed by atoms with van der Waals surface area (Å²) in [5.41, 5.74) is 0. The fraction of sp³-hybridized carbons (Fsp3) is 0.909. The molecule has 3 nitrogen and oxygen atoms in total. The Balaban J connectivity index is 2.41. The molecule has 14 heavy (non-hydrogen) atoms. The monoisotopic (exact) mass is 198 g/mol. The number of hydrogen-bond donors (Lipinski definition) is 1. The zero-order valence-corrected chi connectivity index (χ0v) is 9.71. The van der Waals surface area contributed by atoms with Crippen molar-refractivity contribution in [2.75, 3.05) is 14.1 Å². The molecule has 1 aliphatic carbocycles. The van der Waals surface area contributed by atoms with Crippen LogP contribution in [0, 0.1) is 11.8 Å². The van der Waals surface area contributed by atoms with Crippen molar-refractivity contribution in [3.63, 3.8) is 0 Å². The fourth-order valence-electron chi connectivity index (χ4n) is 2.17. The van der Waals surface area contributed by atoms with Gasteiger partial charge in [0.15, 0.2) is 0 Å². The van der Waals surface area contributed by atoms with Crippen LogP contribution in [0.2, 0.25) is 0 Å². The molecule has 1 aliphatic rings. The van der Waals surface area contributed by atoms with E-state index in [1.54, 1.807) is 19.0 Å². The van der Waals surface area contributed by atoms with Crippen LogP contribution in [0.25, 0.3) is 0 Å². The summed E-state index contributed by atoms with van der Waals surface area (Å²) in [6.07, 6.45) is 3.60. The minimum absolute atomic E-state index is 0.0383. The minimum atomic E-state index is 0.0383. The predicted molar refractivity (Wildman–Crippen MR) is 58.2 cm³/mol. The average Bonchev–Trinajstić information content (AvgIpc) is 2.09. The number of amides is 2. The van der Waals surface area contributed by atoms with Gasteiger partial charge >= 0.3 is 6.03 Å². The molecule has 0 aromatic heterocycles. The van der Waals surface area contributed by atoms with E-state index in [1.165, 1.54) is 12.8 Å². The smallest absolute Gasteiger partial charge is 0.317 e. The Hall–Kier alpha value is -0.730. The van der Waals surface area contributed by atoms with E-state index in [0.29, 0.717) is 12.0 Å². The molecule has 1 saturated carbocycles. The van der Waals surface area contributed by atoms with Crippen LogP contribution in [0.15, 0.2) is 0 Å². The normalized spacial score (nSPS) is 32.4. The van der Waals surface area contributed by atoms with E-state index < -0.39 is 0 Å². The minimum Gasteiger partial charge on any atom is -0.335 e. The molecule has 0 heterocycles. The molecule has 0 bridgehead atoms. The van der Waals surface area contributed by atoms with Gasteiger partial charge in [-0.15, -0.1) is 0 Å². The molecule has 3 atom stereocenters. The highest BCUT2D eigenvalue weighted by Gasteiger charge is 2.26. The second kappa shape index (κ2) is 4.67. The van der Waals surface area contributed by atoms with Gasteiger partial charge in [0.1, 0.15) is 0 Å². The van der Waals surface area contributed by atoms with Crippen LogP contribution in [0.5, 0.6) is 0 Å². The van der Waals surface area contributed by atoms with Crippen molar-refractivity contribution in [3.05, 3.63) is 0 Å². The van der Waals surface area contributed by atoms with Gasteiger partial charge in [-0.05, 0) is 31.1 Å². The maximum Gasteiger partial charge on any atom is 0.317 e. The van der Waals surface area contributed by atoms with Crippen LogP contribution >= 0.6 is 0 Å². The molecule has 0 aromatic rings. The summed E-state index contributed by atoms with van der Waals surface area (Å²) in [4.78, 5) is 13.1. The number of nitrogens with one attached hydrogen (secondary N) is 1. The molecule has 3 unspecified atom stereocenters. The average molecular weight is 198 g/mol. The third kappa shape index (κ3) is 2.89. The van der Waals surface area contributed by atoms with Gasteiger partial charge in [-0.2, -0.15) is 0 Å². The standard InChI is InChI=1S/C11H22N2O/c1-8-5-6-10(9(2)7-8)12-11(14)13(3)4/h8-10H,5-7H2,1-4H3,(H,12,14). The summed E-state index contributed by atoms with van der Waals surface area (Å²) in [5, 5.41) is 3.08. The Labute approximate surface area is 86.9 Å². The zero-order valence-electron chi connectivity index (χ0n) is 9.71. The van der Waals surface area contributed by atoms with Crippen LogP contribution in [-0.2, 0) is 0 Å². The highest BCUT2D eigenvalue weighted by molar-refractivity contribution is 5.73. The lowest BCUT2D eigenvalue weighted by Gasteiger charge is -2.33. The molecule has 3 heteroatoms. The van der Waals surface area contributed by atoms with Crippen molar-refractivity contribution in [2.45, 2.75) is 39.2 Å². The molecule has 1 rings (SSSR count). The Morgan fingerprint density at radius 2 is 1.93 bits per heavy atom. The van der Waals surface area contributed by atoms with Crippen LogP contribution in [0.4, 0.5) is 4.79 Å². The highest BCUT2D eigenvalue weighted by Crippen LogP contribution is 2.28. The van der Waals surface area contributed by atoms with Crippen LogP contribution in [0.3, 0.4) is 0 Å². The lowest BCUT2D eigenvalue weighted by atomic mass is 9.80. The molecular formula is C11H22N2O. The first-order valence-corrected chi connectivity index (χ1v) is 5.48. The Kier molecular flexibility index (Phi) is 3.78. The third-order valence-corrected chi connectivity index (χ3v) is 3.15. The number of rotatable bonds is 1. The van der Waals surface area contributed by atoms with E-state index in [9.17, 15) is 4.79 Å². The zero-order chi connectivity index (χ0) is 10.7. The van der Waals surface area contributed by atoms with Gasteiger partial charge in [0.25, 0.3) is 0 Å². The molecule has 0 aromatic carbocycles. The summed E-state index contributed by atoms with van der Waals surface area (Å²) in [5.74, 6) is 1.43. The Morgan fingerprint density at radius 3 is 2.43 bits per heavy atom. The maximum absolute atomic E-state index is 11.5. The van der Waals surface area contributed by atoms with Gasteiger partial charge < -0.3 is 10.2 Å². The highest BCUT2D eigenvalue weighted by atomic mass is 16.2. The first kappa shape index (κ1) is 11.3. The first-order valence-electron chi connectivity index (χ1n) is 5.48. The molecule has 82 valence electrons. The van der Waals surface area contributed by atoms with E-state index in [0.717, 1.165) is 12.3 Å². The lowest BCUT2D eigenvalue weighted by molar-refractivity contribution is 0.189. The largest absolute Gasteiger partial charge is 0.335 e. The molecule has 0 spiro atoms. The molecule has 0 aliphatic heterocycles. The Morgan fingerprint density at radius 1 is 1.29 bits per heavy atom. The summed E-state index contributed by atoms with van der Waals surface area (Å²) < 4.78 is 0. The summed E-state index contributed by atoms with van der Waals surface area (Å²) in [7, 11) is 3.57. The Bertz CT molecular complexity index is 203. The van der Waals surface area contributed by atoms with Crippen molar-refractivity contribution >= 4 is 6.03 Å². The molecule has 1 N–H and O–H groups in total. The summed E-state index contributed by atoms with van der Waals surface area (Å²) in [6, 6.07) is 0.414. The van der Waals surface area contributed by atoms with E-state index >= 15 is 0 Å². The van der Waals surface area contributed by atoms with E-state index in [-0.39, 0.29) is 6.03 Å².